The van der Waals surface area contributed by atoms with E-state index < -0.39 is 6.10 Å². The van der Waals surface area contributed by atoms with Gasteiger partial charge >= 0.3 is 0 Å². The summed E-state index contributed by atoms with van der Waals surface area (Å²) >= 11 is 0. The molecule has 19 heavy (non-hydrogen) atoms. The van der Waals surface area contributed by atoms with Crippen LogP contribution < -0.4 is 4.74 Å². The van der Waals surface area contributed by atoms with Gasteiger partial charge in [-0.25, -0.2) is 9.97 Å². The van der Waals surface area contributed by atoms with Crippen molar-refractivity contribution in [2.75, 3.05) is 7.11 Å². The number of ether oxygens (including phenoxy) is 1. The van der Waals surface area contributed by atoms with E-state index in [1.165, 1.54) is 0 Å². The maximum Gasteiger partial charge on any atom is 0.159 e. The number of aliphatic hydroxyl groups excluding tert-OH is 1. The highest BCUT2D eigenvalue weighted by Crippen LogP contribution is 2.25. The lowest BCUT2D eigenvalue weighted by atomic mass is 10.1. The molecule has 0 radical (unpaired) electrons. The van der Waals surface area contributed by atoms with Crippen LogP contribution in [0.5, 0.6) is 5.75 Å². The lowest BCUT2D eigenvalue weighted by Gasteiger charge is -2.10. The highest BCUT2D eigenvalue weighted by Gasteiger charge is 2.10. The molecule has 4 nitrogen and oxygen atoms in total. The Balaban J connectivity index is 2.42. The van der Waals surface area contributed by atoms with Crippen LogP contribution in [-0.4, -0.2) is 22.2 Å². The average molecular weight is 258 g/mol. The van der Waals surface area contributed by atoms with Gasteiger partial charge in [0.1, 0.15) is 5.75 Å². The fraction of sp³-hybridized carbons (Fsp3) is 0.333. The summed E-state index contributed by atoms with van der Waals surface area (Å²) in [6.07, 6.45) is 1.13. The van der Waals surface area contributed by atoms with Crippen LogP contribution in [0.1, 0.15) is 29.8 Å². The molecule has 0 saturated carbocycles. The Morgan fingerprint density at radius 2 is 2.00 bits per heavy atom. The maximum absolute atomic E-state index is 9.58. The summed E-state index contributed by atoms with van der Waals surface area (Å²) in [4.78, 5) is 8.77. The van der Waals surface area contributed by atoms with E-state index >= 15 is 0 Å². The zero-order valence-corrected chi connectivity index (χ0v) is 11.6. The molecule has 1 atom stereocenters. The molecule has 0 spiro atoms. The van der Waals surface area contributed by atoms with Gasteiger partial charge in [0.05, 0.1) is 13.2 Å². The van der Waals surface area contributed by atoms with Crippen molar-refractivity contribution in [2.45, 2.75) is 26.9 Å². The number of aryl methyl sites for hydroxylation is 2. The van der Waals surface area contributed by atoms with Crippen LogP contribution in [0.2, 0.25) is 0 Å². The van der Waals surface area contributed by atoms with Gasteiger partial charge in [0.2, 0.25) is 0 Å². The number of benzene rings is 1. The van der Waals surface area contributed by atoms with Crippen molar-refractivity contribution in [3.63, 3.8) is 0 Å². The van der Waals surface area contributed by atoms with Crippen LogP contribution in [0.3, 0.4) is 0 Å². The molecule has 1 unspecified atom stereocenters. The highest BCUT2D eigenvalue weighted by atomic mass is 16.5. The smallest absolute Gasteiger partial charge is 0.159 e. The van der Waals surface area contributed by atoms with Gasteiger partial charge in [-0.15, -0.1) is 0 Å². The maximum atomic E-state index is 9.58. The first-order valence-corrected chi connectivity index (χ1v) is 6.19. The largest absolute Gasteiger partial charge is 0.496 e. The number of rotatable bonds is 3. The molecule has 2 rings (SSSR count). The van der Waals surface area contributed by atoms with Crippen LogP contribution in [-0.2, 0) is 0 Å². The van der Waals surface area contributed by atoms with E-state index in [9.17, 15) is 5.11 Å². The van der Waals surface area contributed by atoms with E-state index in [4.69, 9.17) is 4.74 Å². The Hall–Kier alpha value is -1.94. The van der Waals surface area contributed by atoms with Crippen LogP contribution in [0.25, 0.3) is 11.4 Å². The summed E-state index contributed by atoms with van der Waals surface area (Å²) in [7, 11) is 1.65. The van der Waals surface area contributed by atoms with Gasteiger partial charge in [0.25, 0.3) is 0 Å². The number of nitrogens with zero attached hydrogens (tertiary/aromatic N) is 2. The summed E-state index contributed by atoms with van der Waals surface area (Å²) in [5.41, 5.74) is 3.54. The molecule has 1 aromatic carbocycles. The predicted octanol–water partition coefficient (Wildman–Crippen LogP) is 2.82. The average Bonchev–Trinajstić information content (AvgIpc) is 2.38. The summed E-state index contributed by atoms with van der Waals surface area (Å²) in [5.74, 6) is 1.51. The number of hydrogen-bond acceptors (Lipinski definition) is 4. The van der Waals surface area contributed by atoms with Gasteiger partial charge in [-0.3, -0.25) is 0 Å². The molecule has 1 aromatic heterocycles. The molecule has 0 aliphatic heterocycles. The first kappa shape index (κ1) is 13.5. The van der Waals surface area contributed by atoms with Gasteiger partial charge in [-0.05, 0) is 44.5 Å². The first-order valence-electron chi connectivity index (χ1n) is 6.19. The van der Waals surface area contributed by atoms with E-state index in [1.807, 2.05) is 32.0 Å². The molecule has 0 saturated heterocycles. The molecule has 0 amide bonds. The van der Waals surface area contributed by atoms with Crippen molar-refractivity contribution in [1.82, 2.24) is 9.97 Å². The van der Waals surface area contributed by atoms with Crippen molar-refractivity contribution in [3.8, 4) is 17.1 Å². The summed E-state index contributed by atoms with van der Waals surface area (Å²) < 4.78 is 5.24. The molecule has 4 heteroatoms. The normalized spacial score (nSPS) is 12.3. The Kier molecular flexibility index (Phi) is 3.81. The minimum Gasteiger partial charge on any atom is -0.496 e. The molecule has 0 fully saturated rings. The molecule has 0 aliphatic rings. The van der Waals surface area contributed by atoms with Gasteiger partial charge in [0, 0.05) is 23.0 Å². The highest BCUT2D eigenvalue weighted by molar-refractivity contribution is 5.58. The Morgan fingerprint density at radius 1 is 1.26 bits per heavy atom. The van der Waals surface area contributed by atoms with Gasteiger partial charge < -0.3 is 9.84 Å². The topological polar surface area (TPSA) is 55.2 Å². The fourth-order valence-electron chi connectivity index (χ4n) is 2.04. The third-order valence-corrected chi connectivity index (χ3v) is 3.12. The van der Waals surface area contributed by atoms with Crippen molar-refractivity contribution < 1.29 is 9.84 Å². The second-order valence-electron chi connectivity index (χ2n) is 4.59. The molecule has 1 heterocycles. The van der Waals surface area contributed by atoms with Crippen molar-refractivity contribution >= 4 is 0 Å². The predicted molar refractivity (Wildman–Crippen MR) is 74.1 cm³/mol. The zero-order chi connectivity index (χ0) is 14.0. The summed E-state index contributed by atoms with van der Waals surface area (Å²) in [6, 6.07) is 5.84. The second kappa shape index (κ2) is 5.36. The summed E-state index contributed by atoms with van der Waals surface area (Å²) in [5, 5.41) is 9.58. The monoisotopic (exact) mass is 258 g/mol. The fourth-order valence-corrected chi connectivity index (χ4v) is 2.04. The molecular formula is C15H18N2O2. The van der Waals surface area contributed by atoms with Crippen molar-refractivity contribution in [1.29, 1.82) is 0 Å². The Labute approximate surface area is 113 Å². The molecule has 0 bridgehead atoms. The van der Waals surface area contributed by atoms with E-state index in [-0.39, 0.29) is 0 Å². The van der Waals surface area contributed by atoms with Crippen LogP contribution in [0.4, 0.5) is 0 Å². The Bertz CT molecular complexity index is 595. The van der Waals surface area contributed by atoms with Gasteiger partial charge in [-0.1, -0.05) is 0 Å². The number of aromatic nitrogens is 2. The molecule has 100 valence electrons. The number of hydrogen-bond donors (Lipinski definition) is 1. The first-order chi connectivity index (χ1) is 9.02. The van der Waals surface area contributed by atoms with Gasteiger partial charge in [-0.2, -0.15) is 0 Å². The van der Waals surface area contributed by atoms with Crippen molar-refractivity contribution in [3.05, 3.63) is 41.2 Å². The SMILES string of the molecule is COc1ccc(-c2ncc(C(C)O)c(C)n2)cc1C. The van der Waals surface area contributed by atoms with E-state index in [0.29, 0.717) is 5.82 Å². The lowest BCUT2D eigenvalue weighted by Crippen LogP contribution is -2.01. The molecular weight excluding hydrogens is 240 g/mol. The van der Waals surface area contributed by atoms with E-state index in [0.717, 1.165) is 28.1 Å². The molecule has 1 N–H and O–H groups in total. The molecule has 0 aliphatic carbocycles. The lowest BCUT2D eigenvalue weighted by molar-refractivity contribution is 0.197. The summed E-state index contributed by atoms with van der Waals surface area (Å²) in [6.45, 7) is 5.58. The standard InChI is InChI=1S/C15H18N2O2/c1-9-7-12(5-6-14(9)19-4)15-16-8-13(11(3)18)10(2)17-15/h5-8,11,18H,1-4H3. The van der Waals surface area contributed by atoms with Crippen LogP contribution in [0, 0.1) is 13.8 Å². The van der Waals surface area contributed by atoms with Gasteiger partial charge in [0.15, 0.2) is 5.82 Å². The zero-order valence-electron chi connectivity index (χ0n) is 11.6. The van der Waals surface area contributed by atoms with Crippen LogP contribution >= 0.6 is 0 Å². The van der Waals surface area contributed by atoms with Crippen LogP contribution in [0.15, 0.2) is 24.4 Å². The Morgan fingerprint density at radius 3 is 2.53 bits per heavy atom. The minimum atomic E-state index is -0.549. The minimum absolute atomic E-state index is 0.549. The quantitative estimate of drug-likeness (QED) is 0.919. The van der Waals surface area contributed by atoms with Crippen molar-refractivity contribution in [2.24, 2.45) is 0 Å². The third kappa shape index (κ3) is 2.74. The third-order valence-electron chi connectivity index (χ3n) is 3.12. The number of aliphatic hydroxyl groups is 1. The number of methoxy groups -OCH3 is 1. The molecule has 2 aromatic rings. The van der Waals surface area contributed by atoms with E-state index in [1.54, 1.807) is 20.2 Å². The second-order valence-corrected chi connectivity index (χ2v) is 4.59. The van der Waals surface area contributed by atoms with E-state index in [2.05, 4.69) is 9.97 Å².